The maximum absolute atomic E-state index is 13.3. The number of aliphatic hydroxyl groups is 1. The van der Waals surface area contributed by atoms with Crippen molar-refractivity contribution in [2.45, 2.75) is 19.7 Å². The van der Waals surface area contributed by atoms with Gasteiger partial charge >= 0.3 is 11.9 Å². The summed E-state index contributed by atoms with van der Waals surface area (Å²) in [5.41, 5.74) is -1.17. The summed E-state index contributed by atoms with van der Waals surface area (Å²) in [6.45, 7) is 8.07. The van der Waals surface area contributed by atoms with Gasteiger partial charge in [0.25, 0.3) is 5.56 Å². The van der Waals surface area contributed by atoms with Crippen molar-refractivity contribution in [2.75, 3.05) is 0 Å². The molecule has 2 aromatic carbocycles. The average molecular weight is 481 g/mol. The molecule has 0 fully saturated rings. The molecule has 1 N–H and O–H groups in total. The van der Waals surface area contributed by atoms with Gasteiger partial charge < -0.3 is 5.11 Å². The second kappa shape index (κ2) is 8.73. The molecule has 0 saturated heterocycles. The lowest BCUT2D eigenvalue weighted by molar-refractivity contribution is -0.137. The summed E-state index contributed by atoms with van der Waals surface area (Å²) in [5, 5.41) is 14.2. The number of aromatic nitrogens is 4. The Bertz CT molecular complexity index is 1590. The summed E-state index contributed by atoms with van der Waals surface area (Å²) in [7, 11) is 1.22. The number of benzene rings is 2. The van der Waals surface area contributed by atoms with Crippen LogP contribution in [0.5, 0.6) is 0 Å². The minimum Gasteiger partial charge on any atom is -0.392 e. The zero-order valence-electron chi connectivity index (χ0n) is 18.5. The van der Waals surface area contributed by atoms with Crippen molar-refractivity contribution in [3.8, 4) is 22.6 Å². The first-order valence-electron chi connectivity index (χ1n) is 10.2. The Morgan fingerprint density at radius 2 is 1.77 bits per heavy atom. The smallest absolute Gasteiger partial charge is 0.392 e. The van der Waals surface area contributed by atoms with Crippen LogP contribution in [-0.2, 0) is 19.8 Å². The minimum absolute atomic E-state index is 0.0136. The van der Waals surface area contributed by atoms with Crippen molar-refractivity contribution in [2.24, 2.45) is 7.05 Å². The summed E-state index contributed by atoms with van der Waals surface area (Å²) in [5.74, 6) is 0. The van der Waals surface area contributed by atoms with Crippen LogP contribution in [0, 0.1) is 13.5 Å². The lowest BCUT2D eigenvalue weighted by Gasteiger charge is -2.18. The molecule has 0 aliphatic carbocycles. The van der Waals surface area contributed by atoms with Gasteiger partial charge in [-0.2, -0.15) is 18.3 Å². The predicted molar refractivity (Wildman–Crippen MR) is 122 cm³/mol. The largest absolute Gasteiger partial charge is 0.416 e. The van der Waals surface area contributed by atoms with Crippen molar-refractivity contribution in [1.82, 2.24) is 18.9 Å². The van der Waals surface area contributed by atoms with E-state index in [4.69, 9.17) is 6.57 Å². The first-order valence-corrected chi connectivity index (χ1v) is 10.2. The molecule has 0 amide bonds. The highest BCUT2D eigenvalue weighted by atomic mass is 19.4. The van der Waals surface area contributed by atoms with Crippen LogP contribution in [0.15, 0.2) is 64.3 Å². The fraction of sp³-hybridized carbons (Fsp3) is 0.167. The van der Waals surface area contributed by atoms with Crippen molar-refractivity contribution >= 4 is 5.69 Å². The van der Waals surface area contributed by atoms with E-state index in [1.165, 1.54) is 37.0 Å². The average Bonchev–Trinajstić information content (AvgIpc) is 3.26. The van der Waals surface area contributed by atoms with E-state index < -0.39 is 29.6 Å². The third-order valence-electron chi connectivity index (χ3n) is 5.60. The molecule has 0 radical (unpaired) electrons. The molecular formula is C24H18F3N5O3. The van der Waals surface area contributed by atoms with Crippen LogP contribution >= 0.6 is 0 Å². The van der Waals surface area contributed by atoms with Crippen LogP contribution in [0.4, 0.5) is 18.9 Å². The van der Waals surface area contributed by atoms with Crippen LogP contribution < -0.4 is 11.2 Å². The number of hydrogen-bond donors (Lipinski definition) is 1. The van der Waals surface area contributed by atoms with E-state index in [1.54, 1.807) is 24.3 Å². The maximum atomic E-state index is 13.3. The van der Waals surface area contributed by atoms with Crippen molar-refractivity contribution in [1.29, 1.82) is 0 Å². The van der Waals surface area contributed by atoms with Gasteiger partial charge in [0.2, 0.25) is 0 Å². The Hall–Kier alpha value is -4.43. The monoisotopic (exact) mass is 481 g/mol. The highest BCUT2D eigenvalue weighted by Gasteiger charge is 2.31. The van der Waals surface area contributed by atoms with E-state index in [1.807, 2.05) is 0 Å². The van der Waals surface area contributed by atoms with Crippen molar-refractivity contribution in [3.63, 3.8) is 0 Å². The third kappa shape index (κ3) is 4.04. The SMILES string of the molecule is [C-]#[N+]c1ccc(-n2ncc(CO)c2-c2c(C)n(-c3cccc(C(F)(F)F)c3)c(=O)n(C)c2=O)cc1. The zero-order valence-corrected chi connectivity index (χ0v) is 18.5. The number of rotatable bonds is 4. The number of nitrogens with zero attached hydrogens (tertiary/aromatic N) is 5. The number of halogens is 3. The van der Waals surface area contributed by atoms with Gasteiger partial charge in [-0.25, -0.2) is 14.3 Å². The molecule has 0 unspecified atom stereocenters. The molecule has 4 rings (SSSR count). The highest BCUT2D eigenvalue weighted by molar-refractivity contribution is 5.68. The van der Waals surface area contributed by atoms with Gasteiger partial charge in [-0.1, -0.05) is 18.2 Å². The van der Waals surface area contributed by atoms with Crippen molar-refractivity contribution in [3.05, 3.63) is 104 Å². The lowest BCUT2D eigenvalue weighted by Crippen LogP contribution is -2.40. The maximum Gasteiger partial charge on any atom is 0.416 e. The summed E-state index contributed by atoms with van der Waals surface area (Å²) in [6.07, 6.45) is -3.27. The molecule has 0 aliphatic heterocycles. The summed E-state index contributed by atoms with van der Waals surface area (Å²) in [6, 6.07) is 10.6. The molecule has 0 spiro atoms. The van der Waals surface area contributed by atoms with Gasteiger partial charge in [0.05, 0.1) is 47.6 Å². The normalized spacial score (nSPS) is 11.5. The standard InChI is InChI=1S/C24H18F3N5O3/c1-14-20(21-15(13-33)12-29-32(21)18-9-7-17(28-2)8-10-18)22(34)30(3)23(35)31(14)19-6-4-5-16(11-19)24(25,26)27/h4-12,33H,13H2,1,3H3. The number of hydrogen-bond acceptors (Lipinski definition) is 4. The Morgan fingerprint density at radius 1 is 1.09 bits per heavy atom. The summed E-state index contributed by atoms with van der Waals surface area (Å²) in [4.78, 5) is 29.6. The van der Waals surface area contributed by atoms with Crippen LogP contribution in [0.3, 0.4) is 0 Å². The quantitative estimate of drug-likeness (QED) is 0.450. The molecule has 178 valence electrons. The topological polar surface area (TPSA) is 86.4 Å². The van der Waals surface area contributed by atoms with Gasteiger partial charge in [-0.15, -0.1) is 0 Å². The van der Waals surface area contributed by atoms with Crippen LogP contribution in [0.25, 0.3) is 27.5 Å². The first-order chi connectivity index (χ1) is 16.6. The molecule has 11 heteroatoms. The van der Waals surface area contributed by atoms with Crippen LogP contribution in [0.1, 0.15) is 16.8 Å². The Balaban J connectivity index is 2.05. The van der Waals surface area contributed by atoms with E-state index in [2.05, 4.69) is 9.94 Å². The van der Waals surface area contributed by atoms with E-state index in [-0.39, 0.29) is 28.2 Å². The van der Waals surface area contributed by atoms with Gasteiger partial charge in [0, 0.05) is 18.3 Å². The minimum atomic E-state index is -4.63. The predicted octanol–water partition coefficient (Wildman–Crippen LogP) is 3.76. The number of alkyl halides is 3. The molecule has 4 aromatic rings. The Kier molecular flexibility index (Phi) is 5.92. The van der Waals surface area contributed by atoms with Crippen molar-refractivity contribution < 1.29 is 18.3 Å². The van der Waals surface area contributed by atoms with E-state index in [0.717, 1.165) is 21.3 Å². The molecule has 0 saturated carbocycles. The second-order valence-corrected chi connectivity index (χ2v) is 7.71. The summed E-state index contributed by atoms with van der Waals surface area (Å²) < 4.78 is 43.2. The van der Waals surface area contributed by atoms with Gasteiger partial charge in [0.15, 0.2) is 5.69 Å². The van der Waals surface area contributed by atoms with E-state index >= 15 is 0 Å². The Morgan fingerprint density at radius 3 is 2.37 bits per heavy atom. The molecule has 8 nitrogen and oxygen atoms in total. The Labute approximate surface area is 196 Å². The van der Waals surface area contributed by atoms with E-state index in [9.17, 15) is 27.9 Å². The molecule has 0 atom stereocenters. The fourth-order valence-electron chi connectivity index (χ4n) is 3.84. The molecule has 2 aromatic heterocycles. The second-order valence-electron chi connectivity index (χ2n) is 7.71. The zero-order chi connectivity index (χ0) is 25.5. The summed E-state index contributed by atoms with van der Waals surface area (Å²) >= 11 is 0. The molecule has 0 bridgehead atoms. The number of aliphatic hydroxyl groups excluding tert-OH is 1. The van der Waals surface area contributed by atoms with Gasteiger partial charge in [0.1, 0.15) is 0 Å². The highest BCUT2D eigenvalue weighted by Crippen LogP contribution is 2.32. The molecule has 0 aliphatic rings. The van der Waals surface area contributed by atoms with Crippen LogP contribution in [-0.4, -0.2) is 24.0 Å². The molecule has 2 heterocycles. The molecule has 35 heavy (non-hydrogen) atoms. The molecular weight excluding hydrogens is 463 g/mol. The van der Waals surface area contributed by atoms with Crippen LogP contribution in [0.2, 0.25) is 0 Å². The first kappa shape index (κ1) is 23.7. The van der Waals surface area contributed by atoms with Gasteiger partial charge in [-0.05, 0) is 37.3 Å². The van der Waals surface area contributed by atoms with E-state index in [0.29, 0.717) is 11.4 Å². The third-order valence-corrected chi connectivity index (χ3v) is 5.60. The van der Waals surface area contributed by atoms with Gasteiger partial charge in [-0.3, -0.25) is 13.9 Å². The fourth-order valence-corrected chi connectivity index (χ4v) is 3.84. The lowest BCUT2D eigenvalue weighted by atomic mass is 10.1.